The molecule has 6 aliphatic heterocycles. The van der Waals surface area contributed by atoms with Crippen LogP contribution in [0, 0.1) is 40.4 Å². The Morgan fingerprint density at radius 3 is 1.67 bits per heavy atom. The van der Waals surface area contributed by atoms with Crippen molar-refractivity contribution in [2.24, 2.45) is 40.4 Å². The summed E-state index contributed by atoms with van der Waals surface area (Å²) >= 11 is 0. The molecule has 6 saturated heterocycles. The monoisotopic (exact) mass is 1400 g/mol. The molecule has 0 aromatic rings. The Labute approximate surface area is 573 Å². The van der Waals surface area contributed by atoms with Crippen LogP contribution in [0.5, 0.6) is 0 Å². The minimum Gasteiger partial charge on any atom is -0.726 e. The Morgan fingerprint density at radius 2 is 1.09 bits per heavy atom. The smallest absolute Gasteiger partial charge is 0.726 e. The van der Waals surface area contributed by atoms with Gasteiger partial charge in [-0.3, -0.25) is 8.98 Å². The topological polar surface area (TPSA) is 498 Å². The van der Waals surface area contributed by atoms with Gasteiger partial charge in [-0.2, -0.15) is 0 Å². The van der Waals surface area contributed by atoms with E-state index in [0.717, 1.165) is 5.57 Å². The van der Waals surface area contributed by atoms with Crippen molar-refractivity contribution in [1.82, 2.24) is 0 Å². The van der Waals surface area contributed by atoms with Crippen molar-refractivity contribution in [3.05, 3.63) is 11.6 Å². The molecular formula is C61H99NaO32S. The summed E-state index contributed by atoms with van der Waals surface area (Å²) in [5.74, 6) is -0.975. The largest absolute Gasteiger partial charge is 1.00 e. The molecule has 15 N–H and O–H groups in total. The number of ketones is 1. The summed E-state index contributed by atoms with van der Waals surface area (Å²) < 4.78 is 114. The summed E-state index contributed by atoms with van der Waals surface area (Å²) in [5.41, 5.74) is -1.39. The predicted octanol–water partition coefficient (Wildman–Crippen LogP) is -7.55. The molecule has 0 aromatic carbocycles. The van der Waals surface area contributed by atoms with Gasteiger partial charge in [0.25, 0.3) is 0 Å². The van der Waals surface area contributed by atoms with Crippen LogP contribution in [0.1, 0.15) is 113 Å². The van der Waals surface area contributed by atoms with E-state index in [0.29, 0.717) is 32.1 Å². The van der Waals surface area contributed by atoms with Crippen molar-refractivity contribution in [2.45, 2.75) is 303 Å². The fraction of sp³-hybridized carbons (Fsp3) is 0.951. The number of hydrogen-bond donors (Lipinski definition) is 15. The number of fused-ring (bicyclic) bond motifs is 5. The summed E-state index contributed by atoms with van der Waals surface area (Å²) in [6.45, 7) is 11.6. The maximum atomic E-state index is 13.3. The van der Waals surface area contributed by atoms with E-state index >= 15 is 0 Å². The van der Waals surface area contributed by atoms with Crippen molar-refractivity contribution in [1.29, 1.82) is 0 Å². The Bertz CT molecular complexity index is 2700. The first-order valence-corrected chi connectivity index (χ1v) is 34.1. The molecule has 6 heterocycles. The number of carbonyl (C=O) groups is 1. The van der Waals surface area contributed by atoms with Gasteiger partial charge >= 0.3 is 29.6 Å². The fourth-order valence-electron chi connectivity index (χ4n) is 17.0. The van der Waals surface area contributed by atoms with Crippen LogP contribution in [0.15, 0.2) is 11.6 Å². The van der Waals surface area contributed by atoms with Gasteiger partial charge in [-0.05, 0) is 113 Å². The molecule has 9 fully saturated rings. The number of Topliss-reactive ketones (excluding diaryl/α,β-unsaturated/α-hetero) is 1. The van der Waals surface area contributed by atoms with E-state index in [1.165, 1.54) is 20.8 Å². The average molecular weight is 1400 g/mol. The molecule has 0 radical (unpaired) electrons. The van der Waals surface area contributed by atoms with Crippen LogP contribution in [-0.2, 0) is 76.2 Å². The van der Waals surface area contributed by atoms with Crippen molar-refractivity contribution in [2.75, 3.05) is 19.8 Å². The second-order valence-electron chi connectivity index (χ2n) is 29.0. The van der Waals surface area contributed by atoms with Crippen molar-refractivity contribution < 1.29 is 185 Å². The van der Waals surface area contributed by atoms with Gasteiger partial charge in [0, 0.05) is 12.8 Å². The Morgan fingerprint density at radius 1 is 0.600 bits per heavy atom. The molecule has 542 valence electrons. The first kappa shape index (κ1) is 78.3. The number of aliphatic hydroxyl groups is 15. The molecule has 32 nitrogen and oxygen atoms in total. The summed E-state index contributed by atoms with van der Waals surface area (Å²) in [7, 11) is -5.16. The molecule has 4 aliphatic carbocycles. The van der Waals surface area contributed by atoms with E-state index in [9.17, 15) is 94.4 Å². The molecule has 0 spiro atoms. The Balaban J connectivity index is 0.0000106. The third-order valence-corrected chi connectivity index (χ3v) is 22.6. The molecule has 0 amide bonds. The van der Waals surface area contributed by atoms with Gasteiger partial charge < -0.3 is 138 Å². The van der Waals surface area contributed by atoms with E-state index in [-0.39, 0.29) is 84.7 Å². The standard InChI is InChI=1S/C61H100O32S.Na/c1-22(2)15-26(64)18-61(8,77)36-10-9-29-28-17-32(31-16-27(93-94(78,79)80)11-13-59(31,6)30(28)12-14-60(29,36)7)85-55-47(75)50(39(67)24(4)83-55)90-57-51(91-53-46(74)43(71)37(65)23(3)82-53)42(70)35(21-81-57)88-58-52(44(72)40(68)33(19-62)87-58)92-56-48(76)49(38(66)25(5)84-56)89-54-45(73)41(69)34(20-63)86-54;/h12,22-25,27-29,31-58,62-63,65-77H,9-11,13-21H2,1-8H3,(H,78,79,80);/q;+1/p-1/t23-,24-,25-,27+,28+,29+,31?,32+,33-,34+,35-,36+,37-,38+,39-,40+,41+,42+,43+,44+,45-,46-,47-,48-,49+,50+,51-,52-,53+,54+,55+,56+,57+,58+,59-,60+,61+;/m1./s1. The minimum absolute atomic E-state index is 0. The third-order valence-electron chi connectivity index (χ3n) is 22.1. The van der Waals surface area contributed by atoms with Gasteiger partial charge in [-0.25, -0.2) is 8.42 Å². The maximum Gasteiger partial charge on any atom is 1.00 e. The zero-order valence-corrected chi connectivity index (χ0v) is 57.6. The van der Waals surface area contributed by atoms with Crippen LogP contribution in [0.4, 0.5) is 0 Å². The SMILES string of the molecule is CC(C)CC(=O)C[C@](C)(O)[C@H]1CC[C@H]2[C@@H]3C[C@H](O[C@@H]4O[C@H](C)[C@@H](O)[C@H](O[C@@H]5OC[C@@H](O[C@@H]6O[C@H](CO)[C@H](O)[C@H](O)[C@H]6O[C@@H]6O[C@H](C)[C@H](O)[C@H](O[C@@H]7O[C@@H](CO)[C@H](O)[C@H]7O)[C@H]6O)[C@H](O)[C@H]5O[C@@H]5O[C@H](C)[C@@H](O)[C@H](O)[C@H]5O)[C@H]4O)C4C[C@@H](OS(=O)(=O)[O-])CC[C@]4(C)C3=CC[C@@]21C.[Na+]. The zero-order valence-electron chi connectivity index (χ0n) is 54.8. The van der Waals surface area contributed by atoms with Crippen LogP contribution in [0.2, 0.25) is 0 Å². The van der Waals surface area contributed by atoms with Crippen molar-refractivity contribution in [3.63, 3.8) is 0 Å². The molecule has 3 saturated carbocycles. The first-order chi connectivity index (χ1) is 44.0. The number of hydrogen-bond acceptors (Lipinski definition) is 32. The average Bonchev–Trinajstić information content (AvgIpc) is 1.68. The van der Waals surface area contributed by atoms with E-state index in [1.54, 1.807) is 6.92 Å². The van der Waals surface area contributed by atoms with Gasteiger partial charge in [0.05, 0.1) is 55.9 Å². The number of ether oxygens (including phenoxy) is 12. The molecule has 10 aliphatic rings. The normalized spacial score (nSPS) is 51.0. The maximum absolute atomic E-state index is 13.3. The Hall–Kier alpha value is -0.800. The summed E-state index contributed by atoms with van der Waals surface area (Å²) in [4.78, 5) is 13.3. The van der Waals surface area contributed by atoms with E-state index in [4.69, 9.17) is 61.0 Å². The molecule has 37 atom stereocenters. The number of rotatable bonds is 21. The van der Waals surface area contributed by atoms with E-state index in [1.807, 2.05) is 13.8 Å². The molecule has 0 bridgehead atoms. The van der Waals surface area contributed by atoms with Crippen LogP contribution in [0.25, 0.3) is 0 Å². The Kier molecular flexibility index (Phi) is 25.5. The molecule has 34 heteroatoms. The van der Waals surface area contributed by atoms with Gasteiger partial charge in [0.1, 0.15) is 122 Å². The van der Waals surface area contributed by atoms with Crippen molar-refractivity contribution >= 4 is 16.2 Å². The molecule has 1 unspecified atom stereocenters. The minimum atomic E-state index is -5.16. The fourth-order valence-corrected chi connectivity index (χ4v) is 17.5. The van der Waals surface area contributed by atoms with Crippen molar-refractivity contribution in [3.8, 4) is 0 Å². The number of allylic oxidation sites excluding steroid dienone is 2. The second kappa shape index (κ2) is 30.9. The molecule has 0 aromatic heterocycles. The van der Waals surface area contributed by atoms with Gasteiger partial charge in [0.15, 0.2) is 37.7 Å². The van der Waals surface area contributed by atoms with Crippen LogP contribution in [0.3, 0.4) is 0 Å². The van der Waals surface area contributed by atoms with Gasteiger partial charge in [-0.1, -0.05) is 39.3 Å². The zero-order chi connectivity index (χ0) is 68.7. The summed E-state index contributed by atoms with van der Waals surface area (Å²) in [6.07, 6.45) is -45.5. The van der Waals surface area contributed by atoms with E-state index < -0.39 is 237 Å². The third kappa shape index (κ3) is 15.8. The van der Waals surface area contributed by atoms with Gasteiger partial charge in [-0.15, -0.1) is 0 Å². The summed E-state index contributed by atoms with van der Waals surface area (Å²) in [5, 5.41) is 168. The van der Waals surface area contributed by atoms with Crippen LogP contribution in [-0.4, -0.2) is 305 Å². The quantitative estimate of drug-likeness (QED) is 0.0220. The number of carbonyl (C=O) groups excluding carboxylic acids is 1. The van der Waals surface area contributed by atoms with Crippen LogP contribution >= 0.6 is 0 Å². The molecule has 10 rings (SSSR count). The number of aliphatic hydroxyl groups excluding tert-OH is 14. The van der Waals surface area contributed by atoms with Crippen LogP contribution < -0.4 is 29.6 Å². The van der Waals surface area contributed by atoms with E-state index in [2.05, 4.69) is 19.9 Å². The first-order valence-electron chi connectivity index (χ1n) is 32.8. The molecular weight excluding hydrogens is 1300 g/mol. The molecule has 95 heavy (non-hydrogen) atoms. The predicted molar refractivity (Wildman–Crippen MR) is 310 cm³/mol. The van der Waals surface area contributed by atoms with Gasteiger partial charge in [0.2, 0.25) is 10.4 Å². The second-order valence-corrected chi connectivity index (χ2v) is 30.0. The summed E-state index contributed by atoms with van der Waals surface area (Å²) in [6, 6.07) is 0.